The number of benzene rings is 1. The fourth-order valence-electron chi connectivity index (χ4n) is 3.42. The fraction of sp³-hybridized carbons (Fsp3) is 0.238. The Balaban J connectivity index is 1.67. The zero-order chi connectivity index (χ0) is 19.8. The smallest absolute Gasteiger partial charge is 0.157 e. The van der Waals surface area contributed by atoms with Crippen LogP contribution in [0.25, 0.3) is 17.1 Å². The highest BCUT2D eigenvalue weighted by atomic mass is 35.5. The number of halogens is 1. The third-order valence-corrected chi connectivity index (χ3v) is 5.08. The van der Waals surface area contributed by atoms with E-state index in [1.54, 1.807) is 6.33 Å². The van der Waals surface area contributed by atoms with Gasteiger partial charge in [0.25, 0.3) is 0 Å². The van der Waals surface area contributed by atoms with Crippen LogP contribution in [0.2, 0.25) is 5.02 Å². The lowest BCUT2D eigenvalue weighted by atomic mass is 10.0. The van der Waals surface area contributed by atoms with Gasteiger partial charge in [0.1, 0.15) is 6.33 Å². The second-order valence-electron chi connectivity index (χ2n) is 6.93. The highest BCUT2D eigenvalue weighted by molar-refractivity contribution is 6.30. The molecular formula is C21H21ClN6. The Kier molecular flexibility index (Phi) is 4.73. The van der Waals surface area contributed by atoms with Gasteiger partial charge in [-0.25, -0.2) is 14.6 Å². The Hall–Kier alpha value is -2.99. The largest absolute Gasteiger partial charge is 0.271 e. The van der Waals surface area contributed by atoms with Crippen LogP contribution >= 0.6 is 11.6 Å². The van der Waals surface area contributed by atoms with Crippen LogP contribution in [0, 0.1) is 20.8 Å². The van der Waals surface area contributed by atoms with Gasteiger partial charge in [-0.3, -0.25) is 4.68 Å². The molecule has 4 rings (SSSR count). The third-order valence-electron chi connectivity index (χ3n) is 4.83. The highest BCUT2D eigenvalue weighted by Gasteiger charge is 2.16. The molecule has 0 fully saturated rings. The average Bonchev–Trinajstić information content (AvgIpc) is 3.15. The number of hydrogen-bond acceptors (Lipinski definition) is 4. The second kappa shape index (κ2) is 7.20. The van der Waals surface area contributed by atoms with E-state index in [4.69, 9.17) is 16.7 Å². The van der Waals surface area contributed by atoms with Crippen molar-refractivity contribution in [1.29, 1.82) is 0 Å². The van der Waals surface area contributed by atoms with E-state index < -0.39 is 0 Å². The van der Waals surface area contributed by atoms with Crippen molar-refractivity contribution in [3.05, 3.63) is 76.1 Å². The summed E-state index contributed by atoms with van der Waals surface area (Å²) in [6.45, 7) is 6.09. The van der Waals surface area contributed by atoms with E-state index in [9.17, 15) is 0 Å². The average molecular weight is 393 g/mol. The maximum Gasteiger partial charge on any atom is 0.157 e. The number of nitrogens with zero attached hydrogens (tertiary/aromatic N) is 6. The van der Waals surface area contributed by atoms with Gasteiger partial charge in [0.2, 0.25) is 0 Å². The molecule has 3 heterocycles. The molecule has 0 unspecified atom stereocenters. The molecule has 0 spiro atoms. The lowest BCUT2D eigenvalue weighted by Gasteiger charge is -2.07. The van der Waals surface area contributed by atoms with Crippen molar-refractivity contribution in [1.82, 2.24) is 29.5 Å². The number of aromatic nitrogens is 6. The summed E-state index contributed by atoms with van der Waals surface area (Å²) in [7, 11) is 1.96. The van der Waals surface area contributed by atoms with Gasteiger partial charge in [0, 0.05) is 41.5 Å². The molecule has 0 aliphatic heterocycles. The molecule has 28 heavy (non-hydrogen) atoms. The zero-order valence-electron chi connectivity index (χ0n) is 16.3. The van der Waals surface area contributed by atoms with Crippen molar-refractivity contribution in [2.24, 2.45) is 7.05 Å². The molecular weight excluding hydrogens is 372 g/mol. The maximum absolute atomic E-state index is 6.01. The first kappa shape index (κ1) is 18.4. The topological polar surface area (TPSA) is 61.4 Å². The van der Waals surface area contributed by atoms with Crippen LogP contribution in [0.1, 0.15) is 28.3 Å². The Labute approximate surface area is 168 Å². The second-order valence-corrected chi connectivity index (χ2v) is 7.37. The summed E-state index contributed by atoms with van der Waals surface area (Å²) < 4.78 is 3.76. The Morgan fingerprint density at radius 2 is 1.71 bits per heavy atom. The number of aryl methyl sites for hydroxylation is 3. The number of hydrogen-bond donors (Lipinski definition) is 0. The van der Waals surface area contributed by atoms with E-state index in [1.807, 2.05) is 66.7 Å². The van der Waals surface area contributed by atoms with Crippen LogP contribution in [-0.4, -0.2) is 29.5 Å². The molecule has 6 nitrogen and oxygen atoms in total. The monoisotopic (exact) mass is 392 g/mol. The van der Waals surface area contributed by atoms with E-state index in [1.165, 1.54) is 0 Å². The van der Waals surface area contributed by atoms with Crippen molar-refractivity contribution in [2.75, 3.05) is 0 Å². The predicted octanol–water partition coefficient (Wildman–Crippen LogP) is 4.23. The molecule has 1 aromatic carbocycles. The van der Waals surface area contributed by atoms with Gasteiger partial charge in [-0.15, -0.1) is 0 Å². The van der Waals surface area contributed by atoms with Crippen molar-refractivity contribution in [3.8, 4) is 17.1 Å². The Morgan fingerprint density at radius 3 is 2.39 bits per heavy atom. The molecule has 7 heteroatoms. The Bertz CT molecular complexity index is 1140. The highest BCUT2D eigenvalue weighted by Crippen LogP contribution is 2.27. The maximum atomic E-state index is 6.01. The van der Waals surface area contributed by atoms with Crippen LogP contribution in [0.3, 0.4) is 0 Å². The van der Waals surface area contributed by atoms with Gasteiger partial charge < -0.3 is 0 Å². The van der Waals surface area contributed by atoms with Gasteiger partial charge in [-0.05, 0) is 44.5 Å². The fourth-order valence-corrected chi connectivity index (χ4v) is 3.55. The summed E-state index contributed by atoms with van der Waals surface area (Å²) in [4.78, 5) is 8.85. The molecule has 0 saturated carbocycles. The van der Waals surface area contributed by atoms with Gasteiger partial charge in [0.15, 0.2) is 5.82 Å². The molecule has 0 bridgehead atoms. The summed E-state index contributed by atoms with van der Waals surface area (Å²) in [6.07, 6.45) is 2.25. The van der Waals surface area contributed by atoms with Crippen molar-refractivity contribution < 1.29 is 0 Å². The van der Waals surface area contributed by atoms with E-state index in [0.717, 1.165) is 50.4 Å². The molecule has 0 N–H and O–H groups in total. The summed E-state index contributed by atoms with van der Waals surface area (Å²) in [6, 6.07) is 11.8. The van der Waals surface area contributed by atoms with Crippen LogP contribution in [0.4, 0.5) is 0 Å². The number of rotatable bonds is 4. The van der Waals surface area contributed by atoms with Crippen molar-refractivity contribution in [3.63, 3.8) is 0 Å². The standard InChI is InChI=1S/C21H21ClN6/c1-13-9-14(2)28(25-13)20-11-18(23-12-24-20)10-19-15(3)21(26-27(19)4)16-5-7-17(22)8-6-16/h5-9,11-12H,10H2,1-4H3. The normalized spacial score (nSPS) is 11.2. The minimum Gasteiger partial charge on any atom is -0.271 e. The minimum atomic E-state index is 0.664. The first-order valence-electron chi connectivity index (χ1n) is 9.05. The van der Waals surface area contributed by atoms with Crippen LogP contribution in [0.15, 0.2) is 42.7 Å². The van der Waals surface area contributed by atoms with Gasteiger partial charge in [-0.1, -0.05) is 23.7 Å². The SMILES string of the molecule is Cc1cc(C)n(-c2cc(Cc3c(C)c(-c4ccc(Cl)cc4)nn3C)ncn2)n1. The summed E-state index contributed by atoms with van der Waals surface area (Å²) >= 11 is 6.01. The van der Waals surface area contributed by atoms with E-state index >= 15 is 0 Å². The van der Waals surface area contributed by atoms with Gasteiger partial charge in [-0.2, -0.15) is 10.2 Å². The van der Waals surface area contributed by atoms with Crippen LogP contribution in [-0.2, 0) is 13.5 Å². The summed E-state index contributed by atoms with van der Waals surface area (Å²) in [5.74, 6) is 0.772. The molecule has 0 aliphatic carbocycles. The van der Waals surface area contributed by atoms with E-state index in [-0.39, 0.29) is 0 Å². The van der Waals surface area contributed by atoms with E-state index in [2.05, 4.69) is 22.0 Å². The quantitative estimate of drug-likeness (QED) is 0.521. The van der Waals surface area contributed by atoms with Crippen LogP contribution in [0.5, 0.6) is 0 Å². The molecule has 142 valence electrons. The molecule has 4 aromatic rings. The molecule has 0 atom stereocenters. The lowest BCUT2D eigenvalue weighted by Crippen LogP contribution is -2.06. The first-order chi connectivity index (χ1) is 13.4. The zero-order valence-corrected chi connectivity index (χ0v) is 17.1. The molecule has 0 radical (unpaired) electrons. The predicted molar refractivity (Wildman–Crippen MR) is 110 cm³/mol. The molecule has 0 amide bonds. The molecule has 0 saturated heterocycles. The minimum absolute atomic E-state index is 0.664. The van der Waals surface area contributed by atoms with E-state index in [0.29, 0.717) is 6.42 Å². The molecule has 0 aliphatic rings. The summed E-state index contributed by atoms with van der Waals surface area (Å²) in [5, 5.41) is 9.95. The van der Waals surface area contributed by atoms with Gasteiger partial charge >= 0.3 is 0 Å². The summed E-state index contributed by atoms with van der Waals surface area (Å²) in [5.41, 5.74) is 7.19. The lowest BCUT2D eigenvalue weighted by molar-refractivity contribution is 0.718. The van der Waals surface area contributed by atoms with Gasteiger partial charge in [0.05, 0.1) is 17.1 Å². The third kappa shape index (κ3) is 3.43. The molecule has 3 aromatic heterocycles. The van der Waals surface area contributed by atoms with Crippen molar-refractivity contribution in [2.45, 2.75) is 27.2 Å². The van der Waals surface area contributed by atoms with Crippen LogP contribution < -0.4 is 0 Å². The Morgan fingerprint density at radius 1 is 0.964 bits per heavy atom. The van der Waals surface area contributed by atoms with Crippen molar-refractivity contribution >= 4 is 11.6 Å². The first-order valence-corrected chi connectivity index (χ1v) is 9.43.